The number of hydrogen-bond donors (Lipinski definition) is 2. The Labute approximate surface area is 197 Å². The third-order valence-electron chi connectivity index (χ3n) is 5.57. The van der Waals surface area contributed by atoms with Gasteiger partial charge in [-0.1, -0.05) is 29.8 Å². The zero-order chi connectivity index (χ0) is 23.4. The Hall–Kier alpha value is -3.64. The number of hydrogen-bond acceptors (Lipinski definition) is 3. The standard InChI is InChI=1S/C26H25ClN4O2/c1-17-7-12-21(15-18(17)2)29-25(32)16-31-23-6-4-3-5-22(23)30-24(31)13-14-28-26(33)19-8-10-20(27)11-9-19/h3-12,15H,13-14,16H2,1-2H3,(H,28,33)(H,29,32). The summed E-state index contributed by atoms with van der Waals surface area (Å²) < 4.78 is 1.90. The fraction of sp³-hybridized carbons (Fsp3) is 0.192. The Morgan fingerprint density at radius 3 is 2.48 bits per heavy atom. The van der Waals surface area contributed by atoms with E-state index in [0.29, 0.717) is 23.6 Å². The summed E-state index contributed by atoms with van der Waals surface area (Å²) in [5.41, 5.74) is 5.31. The second-order valence-electron chi connectivity index (χ2n) is 7.96. The second kappa shape index (κ2) is 9.88. The molecule has 0 saturated carbocycles. The van der Waals surface area contributed by atoms with E-state index < -0.39 is 0 Å². The van der Waals surface area contributed by atoms with Crippen molar-refractivity contribution in [3.8, 4) is 0 Å². The Balaban J connectivity index is 1.47. The minimum atomic E-state index is -0.179. The second-order valence-corrected chi connectivity index (χ2v) is 8.40. The molecule has 0 spiro atoms. The molecule has 0 saturated heterocycles. The highest BCUT2D eigenvalue weighted by Gasteiger charge is 2.14. The Kier molecular flexibility index (Phi) is 6.75. The summed E-state index contributed by atoms with van der Waals surface area (Å²) in [5, 5.41) is 6.46. The molecule has 0 aliphatic heterocycles. The van der Waals surface area contributed by atoms with Crippen LogP contribution >= 0.6 is 11.6 Å². The van der Waals surface area contributed by atoms with Gasteiger partial charge in [0.1, 0.15) is 12.4 Å². The number of imidazole rings is 1. The van der Waals surface area contributed by atoms with Crippen molar-refractivity contribution < 1.29 is 9.59 Å². The number of aryl methyl sites for hydroxylation is 2. The van der Waals surface area contributed by atoms with Crippen LogP contribution in [0.25, 0.3) is 11.0 Å². The van der Waals surface area contributed by atoms with E-state index in [1.807, 2.05) is 60.9 Å². The van der Waals surface area contributed by atoms with E-state index in [1.54, 1.807) is 24.3 Å². The Morgan fingerprint density at radius 2 is 1.73 bits per heavy atom. The van der Waals surface area contributed by atoms with E-state index >= 15 is 0 Å². The molecule has 0 bridgehead atoms. The number of carbonyl (C=O) groups is 2. The topological polar surface area (TPSA) is 76.0 Å². The van der Waals surface area contributed by atoms with E-state index in [2.05, 4.69) is 10.6 Å². The SMILES string of the molecule is Cc1ccc(NC(=O)Cn2c(CCNC(=O)c3ccc(Cl)cc3)nc3ccccc32)cc1C. The maximum atomic E-state index is 12.8. The number of amides is 2. The lowest BCUT2D eigenvalue weighted by Gasteiger charge is -2.12. The van der Waals surface area contributed by atoms with Gasteiger partial charge < -0.3 is 15.2 Å². The lowest BCUT2D eigenvalue weighted by molar-refractivity contribution is -0.116. The van der Waals surface area contributed by atoms with E-state index in [4.69, 9.17) is 16.6 Å². The molecule has 0 aliphatic rings. The number of para-hydroxylation sites is 2. The predicted octanol–water partition coefficient (Wildman–Crippen LogP) is 4.92. The molecule has 3 aromatic carbocycles. The van der Waals surface area contributed by atoms with Gasteiger partial charge in [0.2, 0.25) is 5.91 Å². The third kappa shape index (κ3) is 5.41. The summed E-state index contributed by atoms with van der Waals surface area (Å²) in [7, 11) is 0. The van der Waals surface area contributed by atoms with E-state index in [9.17, 15) is 9.59 Å². The largest absolute Gasteiger partial charge is 0.352 e. The van der Waals surface area contributed by atoms with Crippen molar-refractivity contribution in [3.63, 3.8) is 0 Å². The molecule has 0 atom stereocenters. The van der Waals surface area contributed by atoms with E-state index in [-0.39, 0.29) is 18.4 Å². The van der Waals surface area contributed by atoms with Gasteiger partial charge in [0.05, 0.1) is 11.0 Å². The van der Waals surface area contributed by atoms with Gasteiger partial charge in [-0.15, -0.1) is 0 Å². The van der Waals surface area contributed by atoms with Crippen molar-refractivity contribution in [3.05, 3.63) is 94.3 Å². The number of nitrogens with zero attached hydrogens (tertiary/aromatic N) is 2. The molecule has 2 amide bonds. The molecule has 1 heterocycles. The van der Waals surface area contributed by atoms with Crippen LogP contribution in [0.15, 0.2) is 66.7 Å². The Bertz CT molecular complexity index is 1310. The lowest BCUT2D eigenvalue weighted by atomic mass is 10.1. The highest BCUT2D eigenvalue weighted by molar-refractivity contribution is 6.30. The molecule has 0 aliphatic carbocycles. The van der Waals surface area contributed by atoms with Crippen LogP contribution in [0.5, 0.6) is 0 Å². The first kappa shape index (κ1) is 22.6. The summed E-state index contributed by atoms with van der Waals surface area (Å²) >= 11 is 5.89. The van der Waals surface area contributed by atoms with Crippen LogP contribution in [0.2, 0.25) is 5.02 Å². The fourth-order valence-corrected chi connectivity index (χ4v) is 3.77. The molecular formula is C26H25ClN4O2. The highest BCUT2D eigenvalue weighted by atomic mass is 35.5. The number of aromatic nitrogens is 2. The minimum Gasteiger partial charge on any atom is -0.352 e. The molecule has 7 heteroatoms. The summed E-state index contributed by atoms with van der Waals surface area (Å²) in [6, 6.07) is 20.3. The van der Waals surface area contributed by atoms with Crippen molar-refractivity contribution in [2.75, 3.05) is 11.9 Å². The number of anilines is 1. The van der Waals surface area contributed by atoms with Crippen molar-refractivity contribution in [1.82, 2.24) is 14.9 Å². The number of nitrogens with one attached hydrogen (secondary N) is 2. The van der Waals surface area contributed by atoms with Gasteiger partial charge in [-0.05, 0) is 73.5 Å². The van der Waals surface area contributed by atoms with Crippen LogP contribution in [0.3, 0.4) is 0 Å². The lowest BCUT2D eigenvalue weighted by Crippen LogP contribution is -2.27. The van der Waals surface area contributed by atoms with Crippen molar-refractivity contribution >= 4 is 40.1 Å². The summed E-state index contributed by atoms with van der Waals surface area (Å²) in [4.78, 5) is 29.9. The van der Waals surface area contributed by atoms with Gasteiger partial charge in [0.15, 0.2) is 0 Å². The summed E-state index contributed by atoms with van der Waals surface area (Å²) in [6.07, 6.45) is 0.491. The first-order valence-corrected chi connectivity index (χ1v) is 11.1. The number of halogens is 1. The van der Waals surface area contributed by atoms with Crippen LogP contribution < -0.4 is 10.6 Å². The number of carbonyl (C=O) groups excluding carboxylic acids is 2. The first-order chi connectivity index (χ1) is 15.9. The molecule has 1 aromatic heterocycles. The van der Waals surface area contributed by atoms with E-state index in [1.165, 1.54) is 5.56 Å². The Morgan fingerprint density at radius 1 is 0.970 bits per heavy atom. The molecule has 2 N–H and O–H groups in total. The van der Waals surface area contributed by atoms with Gasteiger partial charge >= 0.3 is 0 Å². The monoisotopic (exact) mass is 460 g/mol. The average molecular weight is 461 g/mol. The molecule has 4 aromatic rings. The number of benzene rings is 3. The molecule has 0 fully saturated rings. The molecular weight excluding hydrogens is 436 g/mol. The van der Waals surface area contributed by atoms with Crippen LogP contribution in [0, 0.1) is 13.8 Å². The third-order valence-corrected chi connectivity index (χ3v) is 5.82. The van der Waals surface area contributed by atoms with Crippen LogP contribution in [-0.2, 0) is 17.8 Å². The average Bonchev–Trinajstić information content (AvgIpc) is 3.14. The molecule has 0 unspecified atom stereocenters. The zero-order valence-electron chi connectivity index (χ0n) is 18.6. The maximum absolute atomic E-state index is 12.8. The number of fused-ring (bicyclic) bond motifs is 1. The van der Waals surface area contributed by atoms with Crippen molar-refractivity contribution in [2.45, 2.75) is 26.8 Å². The maximum Gasteiger partial charge on any atom is 0.251 e. The van der Waals surface area contributed by atoms with Gasteiger partial charge in [-0.25, -0.2) is 4.98 Å². The molecule has 4 rings (SSSR count). The smallest absolute Gasteiger partial charge is 0.251 e. The quantitative estimate of drug-likeness (QED) is 0.411. The molecule has 0 radical (unpaired) electrons. The molecule has 168 valence electrons. The zero-order valence-corrected chi connectivity index (χ0v) is 19.3. The van der Waals surface area contributed by atoms with Gasteiger partial charge in [0, 0.05) is 29.2 Å². The van der Waals surface area contributed by atoms with Crippen molar-refractivity contribution in [2.24, 2.45) is 0 Å². The summed E-state index contributed by atoms with van der Waals surface area (Å²) in [6.45, 7) is 4.58. The number of rotatable bonds is 7. The first-order valence-electron chi connectivity index (χ1n) is 10.8. The highest BCUT2D eigenvalue weighted by Crippen LogP contribution is 2.18. The van der Waals surface area contributed by atoms with Crippen LogP contribution in [0.1, 0.15) is 27.3 Å². The molecule has 33 heavy (non-hydrogen) atoms. The van der Waals surface area contributed by atoms with E-state index in [0.717, 1.165) is 28.1 Å². The summed E-state index contributed by atoms with van der Waals surface area (Å²) in [5.74, 6) is 0.428. The van der Waals surface area contributed by atoms with Crippen LogP contribution in [0.4, 0.5) is 5.69 Å². The van der Waals surface area contributed by atoms with Crippen LogP contribution in [-0.4, -0.2) is 27.9 Å². The van der Waals surface area contributed by atoms with Gasteiger partial charge in [-0.2, -0.15) is 0 Å². The fourth-order valence-electron chi connectivity index (χ4n) is 3.65. The predicted molar refractivity (Wildman–Crippen MR) is 132 cm³/mol. The van der Waals surface area contributed by atoms with Gasteiger partial charge in [0.25, 0.3) is 5.91 Å². The normalized spacial score (nSPS) is 10.9. The minimum absolute atomic E-state index is 0.132. The van der Waals surface area contributed by atoms with Crippen molar-refractivity contribution in [1.29, 1.82) is 0 Å². The molecule has 6 nitrogen and oxygen atoms in total. The van der Waals surface area contributed by atoms with Gasteiger partial charge in [-0.3, -0.25) is 9.59 Å².